The van der Waals surface area contributed by atoms with Gasteiger partial charge in [-0.05, 0) is 30.9 Å². The molecule has 26 heavy (non-hydrogen) atoms. The molecule has 8 nitrogen and oxygen atoms in total. The number of pyridine rings is 1. The number of nitrogens with zero attached hydrogens (tertiary/aromatic N) is 4. The summed E-state index contributed by atoms with van der Waals surface area (Å²) < 4.78 is 24.8. The minimum atomic E-state index is -3.18. The van der Waals surface area contributed by atoms with Crippen molar-refractivity contribution in [3.63, 3.8) is 0 Å². The van der Waals surface area contributed by atoms with Gasteiger partial charge in [0.15, 0.2) is 5.82 Å². The SMILES string of the molecule is CS(=O)(=O)N1CCCC(CNC(=O)c2cnc(-c3ccncc3)nc2)C1. The van der Waals surface area contributed by atoms with Crippen LogP contribution in [0.15, 0.2) is 36.9 Å². The molecule has 0 bridgehead atoms. The highest BCUT2D eigenvalue weighted by atomic mass is 32.2. The molecule has 1 atom stereocenters. The summed E-state index contributed by atoms with van der Waals surface area (Å²) >= 11 is 0. The van der Waals surface area contributed by atoms with E-state index in [0.717, 1.165) is 18.4 Å². The van der Waals surface area contributed by atoms with Crippen molar-refractivity contribution in [1.82, 2.24) is 24.6 Å². The van der Waals surface area contributed by atoms with E-state index < -0.39 is 10.0 Å². The Morgan fingerprint density at radius 3 is 2.62 bits per heavy atom. The number of rotatable bonds is 5. The topological polar surface area (TPSA) is 105 Å². The normalized spacial score (nSPS) is 18.4. The molecule has 0 spiro atoms. The zero-order valence-electron chi connectivity index (χ0n) is 14.5. The molecule has 1 unspecified atom stereocenters. The minimum Gasteiger partial charge on any atom is -0.352 e. The summed E-state index contributed by atoms with van der Waals surface area (Å²) in [6, 6.07) is 3.59. The number of carbonyl (C=O) groups excluding carboxylic acids is 1. The first-order valence-corrected chi connectivity index (χ1v) is 10.2. The molecule has 3 heterocycles. The molecule has 2 aromatic heterocycles. The molecular weight excluding hydrogens is 354 g/mol. The molecule has 0 aliphatic carbocycles. The maximum absolute atomic E-state index is 12.3. The molecule has 1 fully saturated rings. The zero-order chi connectivity index (χ0) is 18.6. The maximum atomic E-state index is 12.3. The summed E-state index contributed by atoms with van der Waals surface area (Å²) in [7, 11) is -3.18. The zero-order valence-corrected chi connectivity index (χ0v) is 15.3. The fraction of sp³-hybridized carbons (Fsp3) is 0.412. The predicted molar refractivity (Wildman–Crippen MR) is 96.7 cm³/mol. The summed E-state index contributed by atoms with van der Waals surface area (Å²) in [5.74, 6) is 0.377. The van der Waals surface area contributed by atoms with E-state index in [9.17, 15) is 13.2 Å². The lowest BCUT2D eigenvalue weighted by atomic mass is 9.99. The molecule has 1 amide bonds. The third kappa shape index (κ3) is 4.61. The van der Waals surface area contributed by atoms with Gasteiger partial charge in [0.05, 0.1) is 11.8 Å². The van der Waals surface area contributed by atoms with Crippen molar-refractivity contribution in [2.75, 3.05) is 25.9 Å². The Kier molecular flexibility index (Phi) is 5.58. The highest BCUT2D eigenvalue weighted by Gasteiger charge is 2.26. The minimum absolute atomic E-state index is 0.111. The van der Waals surface area contributed by atoms with Crippen molar-refractivity contribution in [2.45, 2.75) is 12.8 Å². The first-order valence-electron chi connectivity index (χ1n) is 8.39. The number of carbonyl (C=O) groups is 1. The molecule has 1 saturated heterocycles. The highest BCUT2D eigenvalue weighted by Crippen LogP contribution is 2.18. The van der Waals surface area contributed by atoms with Crippen molar-refractivity contribution < 1.29 is 13.2 Å². The second-order valence-corrected chi connectivity index (χ2v) is 8.35. The quantitative estimate of drug-likeness (QED) is 0.834. The van der Waals surface area contributed by atoms with Gasteiger partial charge in [0.1, 0.15) is 0 Å². The average Bonchev–Trinajstić information content (AvgIpc) is 2.66. The average molecular weight is 375 g/mol. The largest absolute Gasteiger partial charge is 0.352 e. The predicted octanol–water partition coefficient (Wildman–Crippen LogP) is 0.940. The summed E-state index contributed by atoms with van der Waals surface area (Å²) in [4.78, 5) is 24.7. The fourth-order valence-corrected chi connectivity index (χ4v) is 3.87. The second-order valence-electron chi connectivity index (χ2n) is 6.37. The third-order valence-electron chi connectivity index (χ3n) is 4.35. The van der Waals surface area contributed by atoms with Crippen LogP contribution in [-0.2, 0) is 10.0 Å². The van der Waals surface area contributed by atoms with E-state index in [4.69, 9.17) is 0 Å². The summed E-state index contributed by atoms with van der Waals surface area (Å²) in [6.45, 7) is 1.42. The van der Waals surface area contributed by atoms with Gasteiger partial charge in [0.25, 0.3) is 5.91 Å². The van der Waals surface area contributed by atoms with E-state index >= 15 is 0 Å². The third-order valence-corrected chi connectivity index (χ3v) is 5.62. The van der Waals surface area contributed by atoms with Crippen molar-refractivity contribution in [2.24, 2.45) is 5.92 Å². The van der Waals surface area contributed by atoms with Crippen LogP contribution < -0.4 is 5.32 Å². The number of hydrogen-bond donors (Lipinski definition) is 1. The highest BCUT2D eigenvalue weighted by molar-refractivity contribution is 7.88. The summed E-state index contributed by atoms with van der Waals surface area (Å²) in [5.41, 5.74) is 1.20. The van der Waals surface area contributed by atoms with Crippen LogP contribution in [0.1, 0.15) is 23.2 Å². The van der Waals surface area contributed by atoms with Gasteiger partial charge < -0.3 is 5.32 Å². The number of hydrogen-bond acceptors (Lipinski definition) is 6. The van der Waals surface area contributed by atoms with E-state index in [-0.39, 0.29) is 11.8 Å². The van der Waals surface area contributed by atoms with Crippen LogP contribution in [0, 0.1) is 5.92 Å². The molecule has 0 radical (unpaired) electrons. The summed E-state index contributed by atoms with van der Waals surface area (Å²) in [5, 5.41) is 2.85. The Morgan fingerprint density at radius 2 is 1.96 bits per heavy atom. The summed E-state index contributed by atoms with van der Waals surface area (Å²) in [6.07, 6.45) is 9.20. The van der Waals surface area contributed by atoms with E-state index in [0.29, 0.717) is 31.0 Å². The van der Waals surface area contributed by atoms with Crippen molar-refractivity contribution in [1.29, 1.82) is 0 Å². The lowest BCUT2D eigenvalue weighted by Crippen LogP contribution is -2.43. The molecular formula is C17H21N5O3S. The molecule has 138 valence electrons. The van der Waals surface area contributed by atoms with E-state index in [1.54, 1.807) is 24.5 Å². The van der Waals surface area contributed by atoms with Crippen LogP contribution in [-0.4, -0.2) is 59.5 Å². The molecule has 1 aliphatic heterocycles. The van der Waals surface area contributed by atoms with Gasteiger partial charge in [-0.2, -0.15) is 0 Å². The van der Waals surface area contributed by atoms with Gasteiger partial charge in [-0.25, -0.2) is 22.7 Å². The fourth-order valence-electron chi connectivity index (χ4n) is 2.93. The van der Waals surface area contributed by atoms with Crippen LogP contribution in [0.25, 0.3) is 11.4 Å². The van der Waals surface area contributed by atoms with Gasteiger partial charge in [0.2, 0.25) is 10.0 Å². The van der Waals surface area contributed by atoms with Crippen LogP contribution in [0.2, 0.25) is 0 Å². The van der Waals surface area contributed by atoms with Crippen LogP contribution in [0.4, 0.5) is 0 Å². The van der Waals surface area contributed by atoms with Crippen molar-refractivity contribution in [3.8, 4) is 11.4 Å². The van der Waals surface area contributed by atoms with Gasteiger partial charge >= 0.3 is 0 Å². The van der Waals surface area contributed by atoms with E-state index in [1.807, 2.05) is 0 Å². The first kappa shape index (κ1) is 18.4. The van der Waals surface area contributed by atoms with Crippen LogP contribution >= 0.6 is 0 Å². The molecule has 0 saturated carbocycles. The molecule has 3 rings (SSSR count). The number of piperidine rings is 1. The van der Waals surface area contributed by atoms with Gasteiger partial charge in [0, 0.05) is 50.0 Å². The standard InChI is InChI=1S/C17H21N5O3S/c1-26(24,25)22-8-2-3-13(12-22)9-21-17(23)15-10-19-16(20-11-15)14-4-6-18-7-5-14/h4-7,10-11,13H,2-3,8-9,12H2,1H3,(H,21,23). The van der Waals surface area contributed by atoms with Gasteiger partial charge in [-0.15, -0.1) is 0 Å². The van der Waals surface area contributed by atoms with Crippen molar-refractivity contribution >= 4 is 15.9 Å². The lowest BCUT2D eigenvalue weighted by Gasteiger charge is -2.30. The van der Waals surface area contributed by atoms with Crippen LogP contribution in [0.3, 0.4) is 0 Å². The Balaban J connectivity index is 1.57. The Labute approximate surface area is 152 Å². The lowest BCUT2D eigenvalue weighted by molar-refractivity contribution is 0.0941. The Hall–Kier alpha value is -2.39. The Morgan fingerprint density at radius 1 is 1.27 bits per heavy atom. The van der Waals surface area contributed by atoms with E-state index in [1.165, 1.54) is 23.0 Å². The van der Waals surface area contributed by atoms with Crippen LogP contribution in [0.5, 0.6) is 0 Å². The molecule has 1 aliphatic rings. The second kappa shape index (κ2) is 7.88. The first-order chi connectivity index (χ1) is 12.4. The number of nitrogens with one attached hydrogen (secondary N) is 1. The molecule has 2 aromatic rings. The van der Waals surface area contributed by atoms with Gasteiger partial charge in [-0.3, -0.25) is 9.78 Å². The maximum Gasteiger partial charge on any atom is 0.254 e. The number of aromatic nitrogens is 3. The van der Waals surface area contributed by atoms with Crippen molar-refractivity contribution in [3.05, 3.63) is 42.5 Å². The smallest absolute Gasteiger partial charge is 0.254 e. The number of sulfonamides is 1. The van der Waals surface area contributed by atoms with Gasteiger partial charge in [-0.1, -0.05) is 0 Å². The monoisotopic (exact) mass is 375 g/mol. The number of amides is 1. The molecule has 0 aromatic carbocycles. The molecule has 1 N–H and O–H groups in total. The van der Waals surface area contributed by atoms with E-state index in [2.05, 4.69) is 20.3 Å². The Bertz CT molecular complexity index is 856. The molecule has 9 heteroatoms.